The number of hydrogen-bond donors (Lipinski definition) is 2. The molecule has 0 bridgehead atoms. The molecule has 0 fully saturated rings. The maximum absolute atomic E-state index is 4.68. The Morgan fingerprint density at radius 3 is 2.95 bits per heavy atom. The molecule has 2 N–H and O–H groups in total. The van der Waals surface area contributed by atoms with Gasteiger partial charge >= 0.3 is 0 Å². The van der Waals surface area contributed by atoms with Crippen molar-refractivity contribution in [1.29, 1.82) is 0 Å². The van der Waals surface area contributed by atoms with Crippen molar-refractivity contribution in [1.82, 2.24) is 15.0 Å². The summed E-state index contributed by atoms with van der Waals surface area (Å²) >= 11 is 1.76. The molecule has 0 spiro atoms. The zero-order chi connectivity index (χ0) is 14.7. The Labute approximate surface area is 128 Å². The standard InChI is InChI=1S/C16H18N4S/c1-11-9-16(17-6-5-15-18-7-8-19-15)20-14-4-3-12(21-2)10-13(11)14/h3-4,7-10H,5-6H2,1-2H3,(H,17,20)(H,18,19). The Kier molecular flexibility index (Phi) is 4.10. The van der Waals surface area contributed by atoms with Crippen LogP contribution in [0.3, 0.4) is 0 Å². The number of anilines is 1. The molecule has 0 amide bonds. The summed E-state index contributed by atoms with van der Waals surface area (Å²) in [5, 5.41) is 4.59. The van der Waals surface area contributed by atoms with Crippen LogP contribution in [-0.4, -0.2) is 27.8 Å². The van der Waals surface area contributed by atoms with E-state index in [0.29, 0.717) is 0 Å². The van der Waals surface area contributed by atoms with Crippen LogP contribution in [0.1, 0.15) is 11.4 Å². The molecule has 0 saturated carbocycles. The summed E-state index contributed by atoms with van der Waals surface area (Å²) in [6, 6.07) is 8.52. The number of H-pyrrole nitrogens is 1. The van der Waals surface area contributed by atoms with Crippen molar-refractivity contribution < 1.29 is 0 Å². The second-order valence-electron chi connectivity index (χ2n) is 4.92. The lowest BCUT2D eigenvalue weighted by Gasteiger charge is -2.09. The van der Waals surface area contributed by atoms with Crippen molar-refractivity contribution in [2.75, 3.05) is 18.1 Å². The molecule has 0 aliphatic rings. The molecular weight excluding hydrogens is 280 g/mol. The third-order valence-corrected chi connectivity index (χ3v) is 4.17. The average Bonchev–Trinajstić information content (AvgIpc) is 3.00. The highest BCUT2D eigenvalue weighted by Gasteiger charge is 2.04. The molecule has 21 heavy (non-hydrogen) atoms. The Balaban J connectivity index is 1.77. The summed E-state index contributed by atoms with van der Waals surface area (Å²) in [6.07, 6.45) is 6.57. The summed E-state index contributed by atoms with van der Waals surface area (Å²) in [5.74, 6) is 1.91. The molecule has 0 aliphatic heterocycles. The molecule has 0 saturated heterocycles. The SMILES string of the molecule is CSc1ccc2nc(NCCc3ncc[nH]3)cc(C)c2c1. The van der Waals surface area contributed by atoms with E-state index < -0.39 is 0 Å². The number of fused-ring (bicyclic) bond motifs is 1. The first-order valence-corrected chi connectivity index (χ1v) is 8.16. The monoisotopic (exact) mass is 298 g/mol. The smallest absolute Gasteiger partial charge is 0.126 e. The van der Waals surface area contributed by atoms with Crippen molar-refractivity contribution in [3.63, 3.8) is 0 Å². The normalized spacial score (nSPS) is 11.0. The number of aromatic amines is 1. The highest BCUT2D eigenvalue weighted by atomic mass is 32.2. The minimum Gasteiger partial charge on any atom is -0.370 e. The number of nitrogens with one attached hydrogen (secondary N) is 2. The molecule has 4 nitrogen and oxygen atoms in total. The zero-order valence-electron chi connectivity index (χ0n) is 12.2. The van der Waals surface area contributed by atoms with Gasteiger partial charge in [-0.2, -0.15) is 0 Å². The highest BCUT2D eigenvalue weighted by Crippen LogP contribution is 2.25. The van der Waals surface area contributed by atoms with E-state index >= 15 is 0 Å². The third-order valence-electron chi connectivity index (χ3n) is 3.45. The van der Waals surface area contributed by atoms with Gasteiger partial charge in [-0.1, -0.05) is 0 Å². The van der Waals surface area contributed by atoms with E-state index in [9.17, 15) is 0 Å². The van der Waals surface area contributed by atoms with Crippen LogP contribution in [0.5, 0.6) is 0 Å². The molecule has 2 aromatic heterocycles. The van der Waals surface area contributed by atoms with Gasteiger partial charge in [0, 0.05) is 35.6 Å². The second-order valence-corrected chi connectivity index (χ2v) is 5.80. The molecule has 2 heterocycles. The van der Waals surface area contributed by atoms with Crippen molar-refractivity contribution in [2.24, 2.45) is 0 Å². The first kappa shape index (κ1) is 13.9. The van der Waals surface area contributed by atoms with Crippen LogP contribution in [0, 0.1) is 6.92 Å². The molecule has 0 aliphatic carbocycles. The molecule has 0 atom stereocenters. The van der Waals surface area contributed by atoms with E-state index in [2.05, 4.69) is 57.7 Å². The molecule has 5 heteroatoms. The van der Waals surface area contributed by atoms with Gasteiger partial charge in [0.05, 0.1) is 5.52 Å². The van der Waals surface area contributed by atoms with Gasteiger partial charge in [-0.3, -0.25) is 0 Å². The van der Waals surface area contributed by atoms with Gasteiger partial charge in [-0.25, -0.2) is 9.97 Å². The van der Waals surface area contributed by atoms with Gasteiger partial charge in [-0.05, 0) is 43.0 Å². The van der Waals surface area contributed by atoms with Crippen LogP contribution >= 0.6 is 11.8 Å². The summed E-state index contributed by atoms with van der Waals surface area (Å²) in [5.41, 5.74) is 2.28. The number of hydrogen-bond acceptors (Lipinski definition) is 4. The van der Waals surface area contributed by atoms with Crippen LogP contribution in [0.4, 0.5) is 5.82 Å². The highest BCUT2D eigenvalue weighted by molar-refractivity contribution is 7.98. The largest absolute Gasteiger partial charge is 0.370 e. The summed E-state index contributed by atoms with van der Waals surface area (Å²) < 4.78 is 0. The molecule has 0 unspecified atom stereocenters. The number of imidazole rings is 1. The van der Waals surface area contributed by atoms with Gasteiger partial charge in [0.1, 0.15) is 11.6 Å². The van der Waals surface area contributed by atoms with Gasteiger partial charge in [0.25, 0.3) is 0 Å². The van der Waals surface area contributed by atoms with E-state index in [4.69, 9.17) is 0 Å². The van der Waals surface area contributed by atoms with Gasteiger partial charge in [0.2, 0.25) is 0 Å². The van der Waals surface area contributed by atoms with Crippen molar-refractivity contribution >= 4 is 28.5 Å². The second kappa shape index (κ2) is 6.18. The first-order chi connectivity index (χ1) is 10.3. The average molecular weight is 298 g/mol. The Morgan fingerprint density at radius 2 is 2.19 bits per heavy atom. The number of aryl methyl sites for hydroxylation is 1. The van der Waals surface area contributed by atoms with E-state index in [0.717, 1.165) is 30.1 Å². The molecule has 0 radical (unpaired) electrons. The maximum Gasteiger partial charge on any atom is 0.126 e. The number of nitrogens with zero attached hydrogens (tertiary/aromatic N) is 2. The number of rotatable bonds is 5. The number of benzene rings is 1. The molecule has 1 aromatic carbocycles. The predicted molar refractivity (Wildman–Crippen MR) is 89.0 cm³/mol. The third kappa shape index (κ3) is 3.19. The number of aromatic nitrogens is 3. The Morgan fingerprint density at radius 1 is 1.29 bits per heavy atom. The molecule has 3 aromatic rings. The van der Waals surface area contributed by atoms with Crippen molar-refractivity contribution in [3.05, 3.63) is 48.0 Å². The first-order valence-electron chi connectivity index (χ1n) is 6.94. The van der Waals surface area contributed by atoms with E-state index in [1.54, 1.807) is 18.0 Å². The minimum atomic E-state index is 0.814. The number of pyridine rings is 1. The fourth-order valence-electron chi connectivity index (χ4n) is 2.33. The minimum absolute atomic E-state index is 0.814. The molecule has 3 rings (SSSR count). The lowest BCUT2D eigenvalue weighted by Crippen LogP contribution is -2.07. The molecule has 108 valence electrons. The van der Waals surface area contributed by atoms with E-state index in [1.807, 2.05) is 6.20 Å². The van der Waals surface area contributed by atoms with Crippen LogP contribution < -0.4 is 5.32 Å². The maximum atomic E-state index is 4.68. The topological polar surface area (TPSA) is 53.6 Å². The van der Waals surface area contributed by atoms with E-state index in [-0.39, 0.29) is 0 Å². The summed E-state index contributed by atoms with van der Waals surface area (Å²) in [7, 11) is 0. The van der Waals surface area contributed by atoms with Crippen molar-refractivity contribution in [2.45, 2.75) is 18.2 Å². The quantitative estimate of drug-likeness (QED) is 0.706. The van der Waals surface area contributed by atoms with Crippen LogP contribution in [-0.2, 0) is 6.42 Å². The fourth-order valence-corrected chi connectivity index (χ4v) is 2.77. The summed E-state index contributed by atoms with van der Waals surface area (Å²) in [4.78, 5) is 13.3. The van der Waals surface area contributed by atoms with Gasteiger partial charge in [-0.15, -0.1) is 11.8 Å². The Hall–Kier alpha value is -2.01. The van der Waals surface area contributed by atoms with Crippen LogP contribution in [0.25, 0.3) is 10.9 Å². The van der Waals surface area contributed by atoms with E-state index in [1.165, 1.54) is 15.8 Å². The summed E-state index contributed by atoms with van der Waals surface area (Å²) in [6.45, 7) is 2.94. The molecular formula is C16H18N4S. The van der Waals surface area contributed by atoms with Gasteiger partial charge < -0.3 is 10.3 Å². The Bertz CT molecular complexity index is 737. The number of thioether (sulfide) groups is 1. The van der Waals surface area contributed by atoms with Crippen molar-refractivity contribution in [3.8, 4) is 0 Å². The predicted octanol–water partition coefficient (Wildman–Crippen LogP) is 3.64. The fraction of sp³-hybridized carbons (Fsp3) is 0.250. The lowest BCUT2D eigenvalue weighted by molar-refractivity contribution is 0.923. The van der Waals surface area contributed by atoms with Crippen LogP contribution in [0.15, 0.2) is 41.6 Å². The van der Waals surface area contributed by atoms with Gasteiger partial charge in [0.15, 0.2) is 0 Å². The van der Waals surface area contributed by atoms with Crippen LogP contribution in [0.2, 0.25) is 0 Å². The zero-order valence-corrected chi connectivity index (χ0v) is 13.0. The lowest BCUT2D eigenvalue weighted by atomic mass is 10.1.